The molecule has 0 bridgehead atoms. The Labute approximate surface area is 120 Å². The summed E-state index contributed by atoms with van der Waals surface area (Å²) in [6.45, 7) is 6.17. The molecule has 112 valence electrons. The number of likely N-dealkylation sites (N-methyl/N-ethyl adjacent to an activating group) is 1. The minimum Gasteiger partial charge on any atom is -0.493 e. The van der Waals surface area contributed by atoms with Gasteiger partial charge in [-0.15, -0.1) is 0 Å². The highest BCUT2D eigenvalue weighted by molar-refractivity contribution is 5.78. The Balaban J connectivity index is 2.83. The van der Waals surface area contributed by atoms with Gasteiger partial charge >= 0.3 is 0 Å². The molecule has 5 heteroatoms. The van der Waals surface area contributed by atoms with Crippen molar-refractivity contribution in [1.82, 2.24) is 10.6 Å². The fourth-order valence-corrected chi connectivity index (χ4v) is 1.84. The normalized spacial score (nSPS) is 12.1. The lowest BCUT2D eigenvalue weighted by Gasteiger charge is -2.18. The smallest absolute Gasteiger partial charge is 0.234 e. The number of rotatable bonds is 7. The molecule has 0 radical (unpaired) electrons. The molecule has 1 atom stereocenters. The van der Waals surface area contributed by atoms with Gasteiger partial charge in [-0.3, -0.25) is 4.79 Å². The van der Waals surface area contributed by atoms with Crippen LogP contribution >= 0.6 is 0 Å². The van der Waals surface area contributed by atoms with Gasteiger partial charge in [-0.2, -0.15) is 0 Å². The first kappa shape index (κ1) is 16.3. The number of benzene rings is 1. The third-order valence-corrected chi connectivity index (χ3v) is 2.77. The Morgan fingerprint density at radius 1 is 1.25 bits per heavy atom. The first-order valence-corrected chi connectivity index (χ1v) is 6.76. The van der Waals surface area contributed by atoms with Crippen LogP contribution in [0.5, 0.6) is 11.5 Å². The van der Waals surface area contributed by atoms with E-state index in [1.165, 1.54) is 0 Å². The highest BCUT2D eigenvalue weighted by atomic mass is 16.5. The molecule has 1 aromatic rings. The van der Waals surface area contributed by atoms with E-state index >= 15 is 0 Å². The number of methoxy groups -OCH3 is 1. The number of hydrogen-bond donors (Lipinski definition) is 2. The standard InChI is InChI=1S/C15H24N2O3/c1-10(2)20-13-7-6-12(8-14(13)19-5)11(3)17-15(18)9-16-4/h6-8,10-11,16H,9H2,1-5H3,(H,17,18). The lowest BCUT2D eigenvalue weighted by Crippen LogP contribution is -2.33. The van der Waals surface area contributed by atoms with Gasteiger partial charge in [0, 0.05) is 0 Å². The van der Waals surface area contributed by atoms with Crippen molar-refractivity contribution in [3.63, 3.8) is 0 Å². The Bertz CT molecular complexity index is 447. The van der Waals surface area contributed by atoms with Crippen molar-refractivity contribution < 1.29 is 14.3 Å². The molecular formula is C15H24N2O3. The summed E-state index contributed by atoms with van der Waals surface area (Å²) in [4.78, 5) is 11.6. The molecule has 1 aromatic carbocycles. The monoisotopic (exact) mass is 280 g/mol. The predicted octanol–water partition coefficient (Wildman–Crippen LogP) is 1.88. The van der Waals surface area contributed by atoms with Crippen molar-refractivity contribution in [2.75, 3.05) is 20.7 Å². The van der Waals surface area contributed by atoms with Crippen molar-refractivity contribution in [2.45, 2.75) is 32.9 Å². The van der Waals surface area contributed by atoms with Gasteiger partial charge in [-0.25, -0.2) is 0 Å². The van der Waals surface area contributed by atoms with Crippen molar-refractivity contribution in [2.24, 2.45) is 0 Å². The Morgan fingerprint density at radius 3 is 2.50 bits per heavy atom. The quantitative estimate of drug-likeness (QED) is 0.800. The summed E-state index contributed by atoms with van der Waals surface area (Å²) in [6.07, 6.45) is 0.0857. The van der Waals surface area contributed by atoms with E-state index in [4.69, 9.17) is 9.47 Å². The van der Waals surface area contributed by atoms with Gasteiger partial charge in [0.15, 0.2) is 11.5 Å². The molecule has 0 aliphatic rings. The summed E-state index contributed by atoms with van der Waals surface area (Å²) in [5, 5.41) is 5.73. The second-order valence-electron chi connectivity index (χ2n) is 4.90. The molecule has 0 saturated carbocycles. The van der Waals surface area contributed by atoms with Gasteiger partial charge in [0.1, 0.15) is 0 Å². The van der Waals surface area contributed by atoms with Crippen LogP contribution in [0.4, 0.5) is 0 Å². The first-order chi connectivity index (χ1) is 9.47. The zero-order chi connectivity index (χ0) is 15.1. The van der Waals surface area contributed by atoms with Gasteiger partial charge < -0.3 is 20.1 Å². The van der Waals surface area contributed by atoms with Crippen molar-refractivity contribution in [1.29, 1.82) is 0 Å². The number of ether oxygens (including phenoxy) is 2. The summed E-state index contributed by atoms with van der Waals surface area (Å²) < 4.78 is 11.0. The molecule has 1 unspecified atom stereocenters. The molecular weight excluding hydrogens is 256 g/mol. The van der Waals surface area contributed by atoms with Crippen molar-refractivity contribution >= 4 is 5.91 Å². The zero-order valence-electron chi connectivity index (χ0n) is 12.8. The molecule has 0 spiro atoms. The minimum absolute atomic E-state index is 0.0403. The molecule has 0 heterocycles. The molecule has 0 saturated heterocycles. The number of carbonyl (C=O) groups is 1. The number of amides is 1. The Morgan fingerprint density at radius 2 is 1.95 bits per heavy atom. The molecule has 0 aliphatic heterocycles. The van der Waals surface area contributed by atoms with Crippen LogP contribution in [0.3, 0.4) is 0 Å². The van der Waals surface area contributed by atoms with Gasteiger partial charge in [0.25, 0.3) is 0 Å². The van der Waals surface area contributed by atoms with Crippen LogP contribution in [0.15, 0.2) is 18.2 Å². The van der Waals surface area contributed by atoms with E-state index in [0.29, 0.717) is 18.0 Å². The minimum atomic E-state index is -0.0853. The number of hydrogen-bond acceptors (Lipinski definition) is 4. The molecule has 1 amide bonds. The molecule has 5 nitrogen and oxygen atoms in total. The van der Waals surface area contributed by atoms with Crippen molar-refractivity contribution in [3.8, 4) is 11.5 Å². The van der Waals surface area contributed by atoms with Crippen LogP contribution in [0, 0.1) is 0 Å². The van der Waals surface area contributed by atoms with Crippen LogP contribution < -0.4 is 20.1 Å². The maximum atomic E-state index is 11.6. The Kier molecular flexibility index (Phi) is 6.31. The Hall–Kier alpha value is -1.75. The van der Waals surface area contributed by atoms with E-state index in [1.807, 2.05) is 39.0 Å². The highest BCUT2D eigenvalue weighted by Crippen LogP contribution is 2.30. The van der Waals surface area contributed by atoms with Crippen LogP contribution in [0.1, 0.15) is 32.4 Å². The van der Waals surface area contributed by atoms with E-state index in [0.717, 1.165) is 5.56 Å². The van der Waals surface area contributed by atoms with E-state index < -0.39 is 0 Å². The number of nitrogens with one attached hydrogen (secondary N) is 2. The SMILES string of the molecule is CNCC(=O)NC(C)c1ccc(OC(C)C)c(OC)c1. The second kappa shape index (κ2) is 7.75. The molecule has 0 aliphatic carbocycles. The van der Waals surface area contributed by atoms with Crippen LogP contribution in [-0.4, -0.2) is 32.7 Å². The van der Waals surface area contributed by atoms with Crippen LogP contribution in [0.25, 0.3) is 0 Å². The predicted molar refractivity (Wildman–Crippen MR) is 79.2 cm³/mol. The average Bonchev–Trinajstić information content (AvgIpc) is 2.38. The molecule has 2 N–H and O–H groups in total. The summed E-state index contributed by atoms with van der Waals surface area (Å²) in [6, 6.07) is 5.61. The van der Waals surface area contributed by atoms with E-state index in [2.05, 4.69) is 10.6 Å². The molecule has 0 aromatic heterocycles. The molecule has 0 fully saturated rings. The van der Waals surface area contributed by atoms with Gasteiger partial charge in [0.2, 0.25) is 5.91 Å². The molecule has 20 heavy (non-hydrogen) atoms. The van der Waals surface area contributed by atoms with E-state index in [9.17, 15) is 4.79 Å². The first-order valence-electron chi connectivity index (χ1n) is 6.76. The lowest BCUT2D eigenvalue weighted by molar-refractivity contribution is -0.120. The zero-order valence-corrected chi connectivity index (χ0v) is 12.8. The fraction of sp³-hybridized carbons (Fsp3) is 0.533. The van der Waals surface area contributed by atoms with Gasteiger partial charge in [0.05, 0.1) is 25.8 Å². The van der Waals surface area contributed by atoms with Crippen LogP contribution in [-0.2, 0) is 4.79 Å². The summed E-state index contributed by atoms with van der Waals surface area (Å²) >= 11 is 0. The van der Waals surface area contributed by atoms with Gasteiger partial charge in [-0.1, -0.05) is 6.07 Å². The van der Waals surface area contributed by atoms with Crippen LogP contribution in [0.2, 0.25) is 0 Å². The van der Waals surface area contributed by atoms with Gasteiger partial charge in [-0.05, 0) is 45.5 Å². The maximum absolute atomic E-state index is 11.6. The van der Waals surface area contributed by atoms with E-state index in [1.54, 1.807) is 14.2 Å². The maximum Gasteiger partial charge on any atom is 0.234 e. The van der Waals surface area contributed by atoms with Crippen molar-refractivity contribution in [3.05, 3.63) is 23.8 Å². The highest BCUT2D eigenvalue weighted by Gasteiger charge is 2.13. The lowest BCUT2D eigenvalue weighted by atomic mass is 10.1. The fourth-order valence-electron chi connectivity index (χ4n) is 1.84. The third kappa shape index (κ3) is 4.74. The van der Waals surface area contributed by atoms with E-state index in [-0.39, 0.29) is 18.1 Å². The number of carbonyl (C=O) groups excluding carboxylic acids is 1. The summed E-state index contributed by atoms with van der Waals surface area (Å²) in [5.74, 6) is 1.34. The summed E-state index contributed by atoms with van der Waals surface area (Å²) in [5.41, 5.74) is 0.974. The molecule has 1 rings (SSSR count). The largest absolute Gasteiger partial charge is 0.493 e. The topological polar surface area (TPSA) is 59.6 Å². The third-order valence-electron chi connectivity index (χ3n) is 2.77. The average molecular weight is 280 g/mol. The summed E-state index contributed by atoms with van der Waals surface area (Å²) in [7, 11) is 3.35. The second-order valence-corrected chi connectivity index (χ2v) is 4.90.